The molecule has 0 aromatic heterocycles. The van der Waals surface area contributed by atoms with Crippen LogP contribution in [0.5, 0.6) is 0 Å². The van der Waals surface area contributed by atoms with E-state index < -0.39 is 0 Å². The maximum Gasteiger partial charge on any atom is 0.126 e. The Kier molecular flexibility index (Phi) is 2.62. The van der Waals surface area contributed by atoms with E-state index >= 15 is 0 Å². The summed E-state index contributed by atoms with van der Waals surface area (Å²) >= 11 is 0. The zero-order valence-corrected chi connectivity index (χ0v) is 10.2. The van der Waals surface area contributed by atoms with Crippen molar-refractivity contribution in [2.45, 2.75) is 39.0 Å². The first-order valence-electron chi connectivity index (χ1n) is 6.43. The van der Waals surface area contributed by atoms with Crippen molar-refractivity contribution in [2.75, 3.05) is 0 Å². The standard InChI is InChI=1S/C16H17F/c1-11-6-7-13(10-16(11)17)15-5-3-2-4-14(15)12-8-9-12/h5-7,10H,2-4,8-9H2,1H3. The third-order valence-electron chi connectivity index (χ3n) is 3.71. The second-order valence-corrected chi connectivity index (χ2v) is 5.06. The molecule has 1 aromatic carbocycles. The number of benzene rings is 1. The van der Waals surface area contributed by atoms with Gasteiger partial charge in [-0.1, -0.05) is 23.8 Å². The van der Waals surface area contributed by atoms with Crippen molar-refractivity contribution in [3.05, 3.63) is 52.4 Å². The third kappa shape index (κ3) is 2.06. The fourth-order valence-corrected chi connectivity index (χ4v) is 2.57. The van der Waals surface area contributed by atoms with Crippen molar-refractivity contribution in [2.24, 2.45) is 0 Å². The summed E-state index contributed by atoms with van der Waals surface area (Å²) in [5, 5.41) is 0. The molecule has 0 unspecified atom stereocenters. The molecule has 17 heavy (non-hydrogen) atoms. The smallest absolute Gasteiger partial charge is 0.126 e. The molecule has 1 aromatic rings. The summed E-state index contributed by atoms with van der Waals surface area (Å²) in [6, 6.07) is 5.63. The Hall–Kier alpha value is -1.37. The molecule has 0 heterocycles. The highest BCUT2D eigenvalue weighted by molar-refractivity contribution is 5.81. The molecule has 1 saturated carbocycles. The van der Waals surface area contributed by atoms with Crippen LogP contribution in [0.15, 0.2) is 35.4 Å². The van der Waals surface area contributed by atoms with Crippen molar-refractivity contribution in [3.8, 4) is 0 Å². The molecule has 0 saturated heterocycles. The molecule has 1 fully saturated rings. The average Bonchev–Trinajstić information content (AvgIpc) is 3.17. The Morgan fingerprint density at radius 3 is 2.65 bits per heavy atom. The van der Waals surface area contributed by atoms with Gasteiger partial charge in [-0.15, -0.1) is 0 Å². The molecule has 0 spiro atoms. The number of aryl methyl sites for hydroxylation is 1. The summed E-state index contributed by atoms with van der Waals surface area (Å²) in [6.07, 6.45) is 8.34. The predicted octanol–water partition coefficient (Wildman–Crippen LogP) is 4.79. The van der Waals surface area contributed by atoms with Gasteiger partial charge in [-0.3, -0.25) is 0 Å². The molecule has 3 rings (SSSR count). The molecule has 0 atom stereocenters. The van der Waals surface area contributed by atoms with Crippen LogP contribution in [0.3, 0.4) is 0 Å². The molecule has 88 valence electrons. The summed E-state index contributed by atoms with van der Waals surface area (Å²) in [4.78, 5) is 0. The van der Waals surface area contributed by atoms with Crippen LogP contribution in [0.25, 0.3) is 5.57 Å². The Morgan fingerprint density at radius 1 is 1.12 bits per heavy atom. The second-order valence-electron chi connectivity index (χ2n) is 5.06. The van der Waals surface area contributed by atoms with Gasteiger partial charge < -0.3 is 0 Å². The van der Waals surface area contributed by atoms with Crippen LogP contribution >= 0.6 is 0 Å². The molecule has 0 N–H and O–H groups in total. The Morgan fingerprint density at radius 2 is 1.94 bits per heavy atom. The van der Waals surface area contributed by atoms with Gasteiger partial charge in [0, 0.05) is 0 Å². The van der Waals surface area contributed by atoms with E-state index in [1.54, 1.807) is 11.6 Å². The minimum Gasteiger partial charge on any atom is -0.207 e. The van der Waals surface area contributed by atoms with E-state index in [0.29, 0.717) is 0 Å². The average molecular weight is 228 g/mol. The van der Waals surface area contributed by atoms with Crippen molar-refractivity contribution in [1.29, 1.82) is 0 Å². The molecular formula is C16H17F. The lowest BCUT2D eigenvalue weighted by Crippen LogP contribution is -1.98. The highest BCUT2D eigenvalue weighted by atomic mass is 19.1. The van der Waals surface area contributed by atoms with Crippen LogP contribution in [0.2, 0.25) is 0 Å². The van der Waals surface area contributed by atoms with Gasteiger partial charge in [0.15, 0.2) is 0 Å². The van der Waals surface area contributed by atoms with E-state index in [-0.39, 0.29) is 5.82 Å². The zero-order valence-electron chi connectivity index (χ0n) is 10.2. The Bertz CT molecular complexity index is 514. The highest BCUT2D eigenvalue weighted by Gasteiger charge is 2.22. The summed E-state index contributed by atoms with van der Waals surface area (Å²) in [7, 11) is 0. The first-order valence-corrected chi connectivity index (χ1v) is 6.43. The van der Waals surface area contributed by atoms with E-state index in [1.165, 1.54) is 36.8 Å². The molecular weight excluding hydrogens is 211 g/mol. The minimum absolute atomic E-state index is 0.0888. The first-order chi connectivity index (χ1) is 8.25. The van der Waals surface area contributed by atoms with E-state index in [4.69, 9.17) is 0 Å². The van der Waals surface area contributed by atoms with Crippen molar-refractivity contribution in [3.63, 3.8) is 0 Å². The second kappa shape index (κ2) is 4.14. The lowest BCUT2D eigenvalue weighted by molar-refractivity contribution is 0.618. The monoisotopic (exact) mass is 228 g/mol. The molecule has 0 radical (unpaired) electrons. The van der Waals surface area contributed by atoms with E-state index in [2.05, 4.69) is 12.1 Å². The minimum atomic E-state index is -0.0888. The molecule has 0 amide bonds. The number of rotatable bonds is 1. The maximum atomic E-state index is 13.6. The number of allylic oxidation sites excluding steroid dienone is 4. The van der Waals surface area contributed by atoms with Crippen LogP contribution in [0.1, 0.15) is 43.2 Å². The van der Waals surface area contributed by atoms with Gasteiger partial charge in [0.25, 0.3) is 0 Å². The normalized spacial score (nSPS) is 19.3. The molecule has 2 aliphatic carbocycles. The lowest BCUT2D eigenvalue weighted by atomic mass is 9.87. The quantitative estimate of drug-likeness (QED) is 0.648. The van der Waals surface area contributed by atoms with Gasteiger partial charge in [0.2, 0.25) is 0 Å². The summed E-state index contributed by atoms with van der Waals surface area (Å²) in [5.41, 5.74) is 6.17. The molecule has 1 heteroatoms. The van der Waals surface area contributed by atoms with Crippen molar-refractivity contribution in [1.82, 2.24) is 0 Å². The van der Waals surface area contributed by atoms with Gasteiger partial charge in [0.05, 0.1) is 0 Å². The molecule has 0 nitrogen and oxygen atoms in total. The fraction of sp³-hybridized carbons (Fsp3) is 0.375. The molecule has 0 bridgehead atoms. The fourth-order valence-electron chi connectivity index (χ4n) is 2.57. The largest absolute Gasteiger partial charge is 0.207 e. The molecule has 0 aliphatic heterocycles. The van der Waals surface area contributed by atoms with Crippen molar-refractivity contribution < 1.29 is 4.39 Å². The van der Waals surface area contributed by atoms with Crippen LogP contribution in [0, 0.1) is 12.7 Å². The maximum absolute atomic E-state index is 13.6. The topological polar surface area (TPSA) is 0 Å². The lowest BCUT2D eigenvalue weighted by Gasteiger charge is -2.18. The molecule has 2 aliphatic rings. The van der Waals surface area contributed by atoms with Gasteiger partial charge in [0.1, 0.15) is 5.82 Å². The van der Waals surface area contributed by atoms with E-state index in [0.717, 1.165) is 17.5 Å². The zero-order chi connectivity index (χ0) is 11.8. The first kappa shape index (κ1) is 10.8. The SMILES string of the molecule is Cc1ccc(C2=CCCCC2=C2CC2)cc1F. The predicted molar refractivity (Wildman–Crippen MR) is 69.2 cm³/mol. The summed E-state index contributed by atoms with van der Waals surface area (Å²) < 4.78 is 13.6. The summed E-state index contributed by atoms with van der Waals surface area (Å²) in [6.45, 7) is 1.81. The van der Waals surface area contributed by atoms with E-state index in [9.17, 15) is 4.39 Å². The van der Waals surface area contributed by atoms with Crippen LogP contribution in [-0.2, 0) is 0 Å². The Labute approximate surface area is 102 Å². The number of hydrogen-bond donors (Lipinski definition) is 0. The van der Waals surface area contributed by atoms with Gasteiger partial charge in [-0.2, -0.15) is 0 Å². The number of halogens is 1. The van der Waals surface area contributed by atoms with Crippen LogP contribution in [-0.4, -0.2) is 0 Å². The van der Waals surface area contributed by atoms with Crippen molar-refractivity contribution >= 4 is 5.57 Å². The van der Waals surface area contributed by atoms with E-state index in [1.807, 2.05) is 13.0 Å². The highest BCUT2D eigenvalue weighted by Crippen LogP contribution is 2.42. The summed E-state index contributed by atoms with van der Waals surface area (Å²) in [5.74, 6) is -0.0888. The third-order valence-corrected chi connectivity index (χ3v) is 3.71. The Balaban J connectivity index is 2.04. The van der Waals surface area contributed by atoms with Gasteiger partial charge in [-0.25, -0.2) is 4.39 Å². The van der Waals surface area contributed by atoms with Gasteiger partial charge >= 0.3 is 0 Å². The van der Waals surface area contributed by atoms with Crippen LogP contribution < -0.4 is 0 Å². The number of hydrogen-bond acceptors (Lipinski definition) is 0. The van der Waals surface area contributed by atoms with Gasteiger partial charge in [-0.05, 0) is 67.4 Å². The van der Waals surface area contributed by atoms with Crippen LogP contribution in [0.4, 0.5) is 4.39 Å².